The Morgan fingerprint density at radius 3 is 2.52 bits per heavy atom. The number of carbonyl (C=O) groups excluding carboxylic acids is 1. The normalized spacial score (nSPS) is 19.2. The number of rotatable bonds is 5. The number of para-hydroxylation sites is 1. The average Bonchev–Trinajstić information content (AvgIpc) is 3.04. The zero-order chi connectivity index (χ0) is 18.7. The lowest BCUT2D eigenvalue weighted by atomic mass is 10.1. The van der Waals surface area contributed by atoms with Crippen molar-refractivity contribution in [1.82, 2.24) is 0 Å². The lowest BCUT2D eigenvalue weighted by molar-refractivity contribution is -0.119. The Morgan fingerprint density at radius 1 is 1.11 bits per heavy atom. The third-order valence-corrected chi connectivity index (χ3v) is 6.07. The van der Waals surface area contributed by atoms with Crippen LogP contribution in [0.5, 0.6) is 0 Å². The van der Waals surface area contributed by atoms with E-state index in [1.807, 2.05) is 0 Å². The summed E-state index contributed by atoms with van der Waals surface area (Å²) in [5, 5.41) is 3.08. The summed E-state index contributed by atoms with van der Waals surface area (Å²) >= 11 is 6.01. The maximum atomic E-state index is 12.6. The number of benzene rings is 2. The molecular weight excluding hydrogens is 409 g/mol. The fourth-order valence-corrected chi connectivity index (χ4v) is 4.35. The highest BCUT2D eigenvalue weighted by atomic mass is 35.5. The molecule has 6 nitrogen and oxygen atoms in total. The molecular formula is C18H21Cl2N3O3S. The van der Waals surface area contributed by atoms with Crippen molar-refractivity contribution >= 4 is 51.3 Å². The van der Waals surface area contributed by atoms with E-state index in [9.17, 15) is 13.2 Å². The molecule has 2 unspecified atom stereocenters. The second-order valence-corrected chi connectivity index (χ2v) is 8.46. The third-order valence-electron chi connectivity index (χ3n) is 4.37. The van der Waals surface area contributed by atoms with E-state index >= 15 is 0 Å². The predicted octanol–water partition coefficient (Wildman–Crippen LogP) is 3.63. The Kier molecular flexibility index (Phi) is 7.11. The van der Waals surface area contributed by atoms with Gasteiger partial charge in [-0.2, -0.15) is 0 Å². The summed E-state index contributed by atoms with van der Waals surface area (Å²) in [5.74, 6) is -0.266. The molecule has 0 bridgehead atoms. The van der Waals surface area contributed by atoms with Crippen LogP contribution in [0.25, 0.3) is 0 Å². The molecule has 1 aliphatic carbocycles. The first-order valence-electron chi connectivity index (χ1n) is 8.29. The molecule has 4 N–H and O–H groups in total. The lowest BCUT2D eigenvalue weighted by Gasteiger charge is -2.13. The molecule has 1 amide bonds. The second kappa shape index (κ2) is 8.93. The number of halogens is 2. The minimum Gasteiger partial charge on any atom is -0.328 e. The minimum atomic E-state index is -3.83. The number of carbonyl (C=O) groups is 1. The van der Waals surface area contributed by atoms with E-state index in [1.54, 1.807) is 36.4 Å². The number of nitrogens with two attached hydrogens (primary N) is 1. The Balaban J connectivity index is 0.00000261. The van der Waals surface area contributed by atoms with Gasteiger partial charge in [0.2, 0.25) is 5.91 Å². The molecule has 1 saturated carbocycles. The average molecular weight is 430 g/mol. The largest absolute Gasteiger partial charge is 0.328 e. The molecule has 0 spiro atoms. The van der Waals surface area contributed by atoms with Gasteiger partial charge in [0.15, 0.2) is 0 Å². The highest BCUT2D eigenvalue weighted by molar-refractivity contribution is 7.92. The molecule has 0 aliphatic heterocycles. The van der Waals surface area contributed by atoms with Crippen LogP contribution in [0.15, 0.2) is 53.4 Å². The highest BCUT2D eigenvalue weighted by Crippen LogP contribution is 2.27. The molecule has 146 valence electrons. The number of hydrogen-bond acceptors (Lipinski definition) is 4. The highest BCUT2D eigenvalue weighted by Gasteiger charge is 2.28. The second-order valence-electron chi connectivity index (χ2n) is 6.37. The van der Waals surface area contributed by atoms with E-state index in [1.165, 1.54) is 12.1 Å². The SMILES string of the molecule is Cl.NC1CCC(C(=O)Nc2cccc(S(=O)(=O)Nc3ccccc3Cl)c2)C1. The topological polar surface area (TPSA) is 101 Å². The monoisotopic (exact) mass is 429 g/mol. The van der Waals surface area contributed by atoms with Crippen LogP contribution in [0.4, 0.5) is 11.4 Å². The number of anilines is 2. The molecule has 0 saturated heterocycles. The zero-order valence-corrected chi connectivity index (χ0v) is 16.8. The standard InChI is InChI=1S/C18H20ClN3O3S.ClH/c19-16-6-1-2-7-17(16)22-26(24,25)15-5-3-4-14(11-15)21-18(23)12-8-9-13(20)10-12;/h1-7,11-13,22H,8-10,20H2,(H,21,23);1H. The molecule has 0 heterocycles. The van der Waals surface area contributed by atoms with Crippen LogP contribution in [-0.2, 0) is 14.8 Å². The third kappa shape index (κ3) is 5.35. The van der Waals surface area contributed by atoms with E-state index in [2.05, 4.69) is 10.0 Å². The Bertz CT molecular complexity index is 922. The van der Waals surface area contributed by atoms with Crippen LogP contribution in [0.1, 0.15) is 19.3 Å². The van der Waals surface area contributed by atoms with Crippen LogP contribution in [0, 0.1) is 5.92 Å². The van der Waals surface area contributed by atoms with Crippen LogP contribution < -0.4 is 15.8 Å². The van der Waals surface area contributed by atoms with E-state index < -0.39 is 10.0 Å². The van der Waals surface area contributed by atoms with Crippen molar-refractivity contribution in [3.05, 3.63) is 53.6 Å². The van der Waals surface area contributed by atoms with Gasteiger partial charge in [0, 0.05) is 17.6 Å². The van der Waals surface area contributed by atoms with Gasteiger partial charge in [-0.3, -0.25) is 9.52 Å². The van der Waals surface area contributed by atoms with Crippen LogP contribution in [0.3, 0.4) is 0 Å². The fourth-order valence-electron chi connectivity index (χ4n) is 2.99. The molecule has 9 heteroatoms. The van der Waals surface area contributed by atoms with Gasteiger partial charge in [0.05, 0.1) is 15.6 Å². The molecule has 3 rings (SSSR count). The fraction of sp³-hybridized carbons (Fsp3) is 0.278. The minimum absolute atomic E-state index is 0. The first-order valence-corrected chi connectivity index (χ1v) is 10.1. The van der Waals surface area contributed by atoms with E-state index in [4.69, 9.17) is 17.3 Å². The summed E-state index contributed by atoms with van der Waals surface area (Å²) in [6, 6.07) is 12.7. The molecule has 1 aliphatic rings. The summed E-state index contributed by atoms with van der Waals surface area (Å²) in [5.41, 5.74) is 6.57. The maximum absolute atomic E-state index is 12.6. The quantitative estimate of drug-likeness (QED) is 0.674. The van der Waals surface area contributed by atoms with Crippen molar-refractivity contribution < 1.29 is 13.2 Å². The van der Waals surface area contributed by atoms with Gasteiger partial charge in [-0.15, -0.1) is 12.4 Å². The van der Waals surface area contributed by atoms with Crippen molar-refractivity contribution in [1.29, 1.82) is 0 Å². The van der Waals surface area contributed by atoms with E-state index in [0.717, 1.165) is 12.8 Å². The van der Waals surface area contributed by atoms with Gasteiger partial charge in [-0.1, -0.05) is 29.8 Å². The summed E-state index contributed by atoms with van der Waals surface area (Å²) in [6.45, 7) is 0. The summed E-state index contributed by atoms with van der Waals surface area (Å²) in [7, 11) is -3.83. The Labute approximate surface area is 169 Å². The van der Waals surface area contributed by atoms with Gasteiger partial charge in [0.1, 0.15) is 0 Å². The van der Waals surface area contributed by atoms with Gasteiger partial charge >= 0.3 is 0 Å². The Hall–Kier alpha value is -1.80. The molecule has 0 aromatic heterocycles. The Morgan fingerprint density at radius 2 is 1.85 bits per heavy atom. The van der Waals surface area contributed by atoms with Crippen LogP contribution in [-0.4, -0.2) is 20.4 Å². The van der Waals surface area contributed by atoms with Crippen LogP contribution >= 0.6 is 24.0 Å². The molecule has 1 fully saturated rings. The van der Waals surface area contributed by atoms with E-state index in [0.29, 0.717) is 22.8 Å². The summed E-state index contributed by atoms with van der Waals surface area (Å²) in [4.78, 5) is 12.3. The molecule has 2 aromatic rings. The van der Waals surface area contributed by atoms with Crippen molar-refractivity contribution in [3.63, 3.8) is 0 Å². The van der Waals surface area contributed by atoms with E-state index in [-0.39, 0.29) is 35.2 Å². The van der Waals surface area contributed by atoms with Gasteiger partial charge in [-0.05, 0) is 49.6 Å². The predicted molar refractivity (Wildman–Crippen MR) is 110 cm³/mol. The molecule has 2 aromatic carbocycles. The summed E-state index contributed by atoms with van der Waals surface area (Å²) < 4.78 is 27.6. The van der Waals surface area contributed by atoms with Crippen molar-refractivity contribution in [2.24, 2.45) is 11.7 Å². The first kappa shape index (κ1) is 21.5. The van der Waals surface area contributed by atoms with Crippen LogP contribution in [0.2, 0.25) is 5.02 Å². The number of amides is 1. The van der Waals surface area contributed by atoms with Crippen molar-refractivity contribution in [2.45, 2.75) is 30.2 Å². The molecule has 27 heavy (non-hydrogen) atoms. The summed E-state index contributed by atoms with van der Waals surface area (Å²) in [6.07, 6.45) is 2.23. The number of sulfonamides is 1. The number of nitrogens with one attached hydrogen (secondary N) is 2. The lowest BCUT2D eigenvalue weighted by Crippen LogP contribution is -2.23. The zero-order valence-electron chi connectivity index (χ0n) is 14.4. The van der Waals surface area contributed by atoms with Gasteiger partial charge < -0.3 is 11.1 Å². The first-order chi connectivity index (χ1) is 12.3. The maximum Gasteiger partial charge on any atom is 0.262 e. The van der Waals surface area contributed by atoms with Crippen molar-refractivity contribution in [3.8, 4) is 0 Å². The molecule has 0 radical (unpaired) electrons. The van der Waals surface area contributed by atoms with Gasteiger partial charge in [0.25, 0.3) is 10.0 Å². The number of hydrogen-bond donors (Lipinski definition) is 3. The molecule has 2 atom stereocenters. The van der Waals surface area contributed by atoms with Gasteiger partial charge in [-0.25, -0.2) is 8.42 Å². The smallest absolute Gasteiger partial charge is 0.262 e. The van der Waals surface area contributed by atoms with Crippen molar-refractivity contribution in [2.75, 3.05) is 10.0 Å².